The molecule has 0 aliphatic carbocycles. The van der Waals surface area contributed by atoms with E-state index in [0.717, 1.165) is 13.1 Å². The number of ether oxygens (including phenoxy) is 1. The molecule has 90 valence electrons. The lowest BCUT2D eigenvalue weighted by Gasteiger charge is -2.18. The number of carbonyl (C=O) groups excluding carboxylic acids is 1. The molecule has 0 aliphatic heterocycles. The summed E-state index contributed by atoms with van der Waals surface area (Å²) in [5.74, 6) is 0.0679. The van der Waals surface area contributed by atoms with Crippen molar-refractivity contribution in [3.63, 3.8) is 0 Å². The summed E-state index contributed by atoms with van der Waals surface area (Å²) < 4.78 is 5.40. The predicted octanol–water partition coefficient (Wildman–Crippen LogP) is 2.44. The summed E-state index contributed by atoms with van der Waals surface area (Å²) in [5, 5.41) is 0. The van der Waals surface area contributed by atoms with Gasteiger partial charge in [-0.15, -0.1) is 11.3 Å². The molecule has 0 atom stereocenters. The second kappa shape index (κ2) is 6.66. The minimum absolute atomic E-state index is 0.0679. The Balaban J connectivity index is 2.27. The largest absolute Gasteiger partial charge is 0.366 e. The molecule has 1 rings (SSSR count). The van der Waals surface area contributed by atoms with Crippen LogP contribution in [-0.2, 0) is 16.1 Å². The van der Waals surface area contributed by atoms with Gasteiger partial charge in [-0.25, -0.2) is 0 Å². The van der Waals surface area contributed by atoms with Gasteiger partial charge in [0.15, 0.2) is 0 Å². The maximum atomic E-state index is 11.6. The molecule has 0 N–H and O–H groups in total. The van der Waals surface area contributed by atoms with Crippen molar-refractivity contribution < 1.29 is 9.53 Å². The molecule has 4 heteroatoms. The zero-order valence-electron chi connectivity index (χ0n) is 10.2. The van der Waals surface area contributed by atoms with E-state index >= 15 is 0 Å². The van der Waals surface area contributed by atoms with Crippen LogP contribution in [0.25, 0.3) is 0 Å². The lowest BCUT2D eigenvalue weighted by atomic mass is 10.4. The highest BCUT2D eigenvalue weighted by Crippen LogP contribution is 2.15. The van der Waals surface area contributed by atoms with E-state index in [1.807, 2.05) is 19.9 Å². The fraction of sp³-hybridized carbons (Fsp3) is 0.583. The van der Waals surface area contributed by atoms with Crippen molar-refractivity contribution in [1.29, 1.82) is 0 Å². The number of thiophene rings is 1. The van der Waals surface area contributed by atoms with E-state index in [1.165, 1.54) is 9.75 Å². The number of nitrogens with zero attached hydrogens (tertiary/aromatic N) is 1. The van der Waals surface area contributed by atoms with Crippen molar-refractivity contribution in [1.82, 2.24) is 4.90 Å². The minimum Gasteiger partial charge on any atom is -0.366 e. The fourth-order valence-electron chi connectivity index (χ4n) is 1.47. The van der Waals surface area contributed by atoms with E-state index in [4.69, 9.17) is 4.74 Å². The molecule has 0 aliphatic rings. The summed E-state index contributed by atoms with van der Waals surface area (Å²) in [6, 6.07) is 4.11. The Morgan fingerprint density at radius 1 is 1.38 bits per heavy atom. The van der Waals surface area contributed by atoms with Gasteiger partial charge >= 0.3 is 0 Å². The molecule has 0 bridgehead atoms. The van der Waals surface area contributed by atoms with Crippen LogP contribution in [-0.4, -0.2) is 30.5 Å². The molecule has 0 aromatic carbocycles. The van der Waals surface area contributed by atoms with Crippen molar-refractivity contribution in [2.75, 3.05) is 19.7 Å². The second-order valence-corrected chi connectivity index (χ2v) is 4.94. The first-order chi connectivity index (χ1) is 7.67. The van der Waals surface area contributed by atoms with E-state index in [0.29, 0.717) is 6.61 Å². The highest BCUT2D eigenvalue weighted by Gasteiger charge is 2.09. The van der Waals surface area contributed by atoms with E-state index < -0.39 is 0 Å². The van der Waals surface area contributed by atoms with Crippen LogP contribution in [0.2, 0.25) is 0 Å². The van der Waals surface area contributed by atoms with E-state index in [2.05, 4.69) is 13.0 Å². The minimum atomic E-state index is 0.0679. The van der Waals surface area contributed by atoms with Gasteiger partial charge in [-0.2, -0.15) is 0 Å². The molecule has 1 amide bonds. The van der Waals surface area contributed by atoms with Crippen molar-refractivity contribution in [3.05, 3.63) is 21.9 Å². The van der Waals surface area contributed by atoms with Crippen LogP contribution in [0.3, 0.4) is 0 Å². The first kappa shape index (κ1) is 13.2. The molecule has 1 aromatic rings. The Labute approximate surface area is 101 Å². The van der Waals surface area contributed by atoms with Crippen LogP contribution in [0.1, 0.15) is 23.6 Å². The zero-order valence-corrected chi connectivity index (χ0v) is 11.0. The van der Waals surface area contributed by atoms with Gasteiger partial charge in [0, 0.05) is 22.8 Å². The lowest BCUT2D eigenvalue weighted by molar-refractivity contribution is -0.136. The van der Waals surface area contributed by atoms with Gasteiger partial charge < -0.3 is 9.64 Å². The van der Waals surface area contributed by atoms with Gasteiger partial charge in [0.2, 0.25) is 5.91 Å². The first-order valence-electron chi connectivity index (χ1n) is 5.58. The monoisotopic (exact) mass is 241 g/mol. The second-order valence-electron chi connectivity index (χ2n) is 3.57. The van der Waals surface area contributed by atoms with E-state index in [-0.39, 0.29) is 12.5 Å². The third-order valence-corrected chi connectivity index (χ3v) is 3.36. The molecule has 1 heterocycles. The van der Waals surface area contributed by atoms with Gasteiger partial charge in [-0.1, -0.05) is 0 Å². The van der Waals surface area contributed by atoms with Gasteiger partial charge in [0.1, 0.15) is 6.61 Å². The Kier molecular flexibility index (Phi) is 5.49. The number of rotatable bonds is 6. The molecule has 0 fully saturated rings. The topological polar surface area (TPSA) is 29.5 Å². The highest BCUT2D eigenvalue weighted by atomic mass is 32.1. The summed E-state index contributed by atoms with van der Waals surface area (Å²) in [6.45, 7) is 8.22. The molecule has 0 radical (unpaired) electrons. The van der Waals surface area contributed by atoms with Gasteiger partial charge in [-0.05, 0) is 32.9 Å². The molecule has 16 heavy (non-hydrogen) atoms. The number of likely N-dealkylation sites (N-methyl/N-ethyl adjacent to an activating group) is 1. The third kappa shape index (κ3) is 3.94. The van der Waals surface area contributed by atoms with Gasteiger partial charge in [0.05, 0.1) is 6.61 Å². The quantitative estimate of drug-likeness (QED) is 0.765. The molecule has 0 saturated carbocycles. The Bertz CT molecular complexity index is 332. The molecule has 0 saturated heterocycles. The predicted molar refractivity (Wildman–Crippen MR) is 66.6 cm³/mol. The Morgan fingerprint density at radius 2 is 2.06 bits per heavy atom. The lowest BCUT2D eigenvalue weighted by Crippen LogP contribution is -2.33. The maximum Gasteiger partial charge on any atom is 0.248 e. The molecule has 3 nitrogen and oxygen atoms in total. The first-order valence-corrected chi connectivity index (χ1v) is 6.39. The average Bonchev–Trinajstić information content (AvgIpc) is 2.66. The third-order valence-electron chi connectivity index (χ3n) is 2.38. The van der Waals surface area contributed by atoms with Crippen LogP contribution in [0, 0.1) is 6.92 Å². The van der Waals surface area contributed by atoms with Crippen LogP contribution >= 0.6 is 11.3 Å². The summed E-state index contributed by atoms with van der Waals surface area (Å²) in [7, 11) is 0. The molecular formula is C12H19NO2S. The summed E-state index contributed by atoms with van der Waals surface area (Å²) in [5.41, 5.74) is 0. The SMILES string of the molecule is CCN(CC)C(=O)COCc1ccc(C)s1. The molecule has 0 spiro atoms. The van der Waals surface area contributed by atoms with Gasteiger partial charge in [0.25, 0.3) is 0 Å². The summed E-state index contributed by atoms with van der Waals surface area (Å²) >= 11 is 1.71. The molecule has 0 unspecified atom stereocenters. The van der Waals surface area contributed by atoms with Crippen LogP contribution in [0.4, 0.5) is 0 Å². The van der Waals surface area contributed by atoms with E-state index in [9.17, 15) is 4.79 Å². The van der Waals surface area contributed by atoms with Crippen LogP contribution in [0.5, 0.6) is 0 Å². The van der Waals surface area contributed by atoms with Crippen molar-refractivity contribution in [2.45, 2.75) is 27.4 Å². The molecular weight excluding hydrogens is 222 g/mol. The average molecular weight is 241 g/mol. The highest BCUT2D eigenvalue weighted by molar-refractivity contribution is 7.11. The van der Waals surface area contributed by atoms with Crippen molar-refractivity contribution in [2.24, 2.45) is 0 Å². The maximum absolute atomic E-state index is 11.6. The van der Waals surface area contributed by atoms with E-state index in [1.54, 1.807) is 16.2 Å². The van der Waals surface area contributed by atoms with Crippen molar-refractivity contribution in [3.8, 4) is 0 Å². The molecule has 1 aromatic heterocycles. The zero-order chi connectivity index (χ0) is 12.0. The number of hydrogen-bond acceptors (Lipinski definition) is 3. The number of carbonyl (C=O) groups is 1. The smallest absolute Gasteiger partial charge is 0.248 e. The number of hydrogen-bond donors (Lipinski definition) is 0. The normalized spacial score (nSPS) is 10.4. The standard InChI is InChI=1S/C12H19NO2S/c1-4-13(5-2)12(14)9-15-8-11-7-6-10(3)16-11/h6-7H,4-5,8-9H2,1-3H3. The Morgan fingerprint density at radius 3 is 2.56 bits per heavy atom. The van der Waals surface area contributed by atoms with Gasteiger partial charge in [-0.3, -0.25) is 4.79 Å². The summed E-state index contributed by atoms with van der Waals surface area (Å²) in [6.07, 6.45) is 0. The Hall–Kier alpha value is -0.870. The fourth-order valence-corrected chi connectivity index (χ4v) is 2.30. The van der Waals surface area contributed by atoms with Crippen LogP contribution in [0.15, 0.2) is 12.1 Å². The summed E-state index contributed by atoms with van der Waals surface area (Å²) in [4.78, 5) is 15.8. The number of amides is 1. The van der Waals surface area contributed by atoms with Crippen LogP contribution < -0.4 is 0 Å². The number of aryl methyl sites for hydroxylation is 1. The van der Waals surface area contributed by atoms with Crippen molar-refractivity contribution >= 4 is 17.2 Å².